The summed E-state index contributed by atoms with van der Waals surface area (Å²) in [5.41, 5.74) is 1.70. The molecule has 2 N–H and O–H groups in total. The molecule has 3 aromatic rings. The summed E-state index contributed by atoms with van der Waals surface area (Å²) in [6, 6.07) is 9.39. The molecule has 1 aromatic carbocycles. The zero-order valence-electron chi connectivity index (χ0n) is 15.5. The first-order valence-electron chi connectivity index (χ1n) is 9.12. The van der Waals surface area contributed by atoms with Gasteiger partial charge in [-0.2, -0.15) is 0 Å². The van der Waals surface area contributed by atoms with Crippen LogP contribution in [0.15, 0.2) is 41.1 Å². The Hall–Kier alpha value is -2.91. The van der Waals surface area contributed by atoms with Crippen LogP contribution < -0.4 is 20.1 Å². The van der Waals surface area contributed by atoms with E-state index < -0.39 is 0 Å². The van der Waals surface area contributed by atoms with Crippen LogP contribution in [-0.4, -0.2) is 36.6 Å². The van der Waals surface area contributed by atoms with Crippen molar-refractivity contribution in [2.24, 2.45) is 0 Å². The zero-order chi connectivity index (χ0) is 20.1. The summed E-state index contributed by atoms with van der Waals surface area (Å²) in [6.45, 7) is 1.64. The molecule has 0 bridgehead atoms. The van der Waals surface area contributed by atoms with Crippen molar-refractivity contribution in [1.29, 1.82) is 0 Å². The fourth-order valence-corrected chi connectivity index (χ4v) is 4.15. The van der Waals surface area contributed by atoms with E-state index in [0.29, 0.717) is 41.9 Å². The maximum Gasteiger partial charge on any atom is 0.267 e. The number of carbonyl (C=O) groups is 2. The molecule has 9 heteroatoms. The van der Waals surface area contributed by atoms with Crippen molar-refractivity contribution in [2.75, 3.05) is 25.1 Å². The molecule has 29 heavy (non-hydrogen) atoms. The number of hydrogen-bond acceptors (Lipinski definition) is 7. The number of fused-ring (bicyclic) bond motifs is 1. The third kappa shape index (κ3) is 5.12. The lowest BCUT2D eigenvalue weighted by Gasteiger charge is -2.18. The van der Waals surface area contributed by atoms with Crippen molar-refractivity contribution in [1.82, 2.24) is 10.3 Å². The monoisotopic (exact) mass is 429 g/mol. The summed E-state index contributed by atoms with van der Waals surface area (Å²) in [7, 11) is 0. The highest BCUT2D eigenvalue weighted by Crippen LogP contribution is 2.30. The molecule has 0 fully saturated rings. The Balaban J connectivity index is 1.23. The van der Waals surface area contributed by atoms with E-state index in [2.05, 4.69) is 15.6 Å². The van der Waals surface area contributed by atoms with E-state index in [1.54, 1.807) is 11.4 Å². The van der Waals surface area contributed by atoms with Crippen LogP contribution in [0, 0.1) is 0 Å². The number of ether oxygens (including phenoxy) is 2. The van der Waals surface area contributed by atoms with Crippen LogP contribution in [0.3, 0.4) is 0 Å². The van der Waals surface area contributed by atoms with Gasteiger partial charge < -0.3 is 14.8 Å². The van der Waals surface area contributed by atoms with Crippen LogP contribution in [-0.2, 0) is 17.6 Å². The number of rotatable bonds is 7. The van der Waals surface area contributed by atoms with Gasteiger partial charge in [0.1, 0.15) is 13.2 Å². The number of carbonyl (C=O) groups excluding carboxylic acids is 2. The molecule has 2 aromatic heterocycles. The molecule has 0 saturated heterocycles. The first kappa shape index (κ1) is 19.4. The van der Waals surface area contributed by atoms with Gasteiger partial charge in [0.2, 0.25) is 5.91 Å². The van der Waals surface area contributed by atoms with Crippen LogP contribution in [0.5, 0.6) is 11.5 Å². The van der Waals surface area contributed by atoms with Crippen molar-refractivity contribution in [2.45, 2.75) is 12.8 Å². The van der Waals surface area contributed by atoms with Gasteiger partial charge in [-0.3, -0.25) is 14.9 Å². The fraction of sp³-hybridized carbons (Fsp3) is 0.250. The molecule has 0 spiro atoms. The van der Waals surface area contributed by atoms with Gasteiger partial charge in [0.15, 0.2) is 16.6 Å². The van der Waals surface area contributed by atoms with Gasteiger partial charge >= 0.3 is 0 Å². The number of benzene rings is 1. The molecule has 0 atom stereocenters. The van der Waals surface area contributed by atoms with Crippen molar-refractivity contribution >= 4 is 39.6 Å². The smallest absolute Gasteiger partial charge is 0.267 e. The topological polar surface area (TPSA) is 89.6 Å². The van der Waals surface area contributed by atoms with E-state index >= 15 is 0 Å². The Kier molecular flexibility index (Phi) is 6.06. The standard InChI is InChI=1S/C20H19N3O4S2/c24-18(21-6-5-13-3-4-15-16(10-13)27-8-7-26-15)11-14-12-29-20(22-14)23-19(25)17-2-1-9-28-17/h1-4,9-10,12H,5-8,11H2,(H,21,24)(H,22,23,25). The van der Waals surface area contributed by atoms with Crippen LogP contribution in [0.4, 0.5) is 5.13 Å². The zero-order valence-corrected chi connectivity index (χ0v) is 17.1. The summed E-state index contributed by atoms with van der Waals surface area (Å²) in [5, 5.41) is 9.77. The second-order valence-electron chi connectivity index (χ2n) is 6.33. The molecule has 2 amide bonds. The summed E-state index contributed by atoms with van der Waals surface area (Å²) in [4.78, 5) is 29.2. The van der Waals surface area contributed by atoms with Crippen molar-refractivity contribution in [3.05, 3.63) is 57.2 Å². The number of thiophene rings is 1. The first-order valence-corrected chi connectivity index (χ1v) is 10.9. The van der Waals surface area contributed by atoms with Crippen LogP contribution >= 0.6 is 22.7 Å². The number of anilines is 1. The van der Waals surface area contributed by atoms with E-state index in [1.807, 2.05) is 29.6 Å². The lowest BCUT2D eigenvalue weighted by Crippen LogP contribution is -2.27. The third-order valence-corrected chi connectivity index (χ3v) is 5.88. The average Bonchev–Trinajstić information content (AvgIpc) is 3.40. The summed E-state index contributed by atoms with van der Waals surface area (Å²) < 4.78 is 11.1. The largest absolute Gasteiger partial charge is 0.486 e. The maximum atomic E-state index is 12.2. The van der Waals surface area contributed by atoms with Crippen LogP contribution in [0.2, 0.25) is 0 Å². The molecule has 7 nitrogen and oxygen atoms in total. The molecule has 0 aliphatic carbocycles. The van der Waals surface area contributed by atoms with Gasteiger partial charge in [-0.25, -0.2) is 4.98 Å². The van der Waals surface area contributed by atoms with Gasteiger partial charge in [-0.05, 0) is 35.6 Å². The highest BCUT2D eigenvalue weighted by molar-refractivity contribution is 7.14. The summed E-state index contributed by atoms with van der Waals surface area (Å²) >= 11 is 2.68. The first-order chi connectivity index (χ1) is 14.2. The number of nitrogens with zero attached hydrogens (tertiary/aromatic N) is 1. The number of thiazole rings is 1. The molecular weight excluding hydrogens is 410 g/mol. The normalized spacial score (nSPS) is 12.4. The predicted octanol–water partition coefficient (Wildman–Crippen LogP) is 3.13. The second-order valence-corrected chi connectivity index (χ2v) is 8.14. The second kappa shape index (κ2) is 9.06. The van der Waals surface area contributed by atoms with Crippen molar-refractivity contribution in [3.63, 3.8) is 0 Å². The average molecular weight is 430 g/mol. The van der Waals surface area contributed by atoms with Gasteiger partial charge in [0.25, 0.3) is 5.91 Å². The molecule has 0 unspecified atom stereocenters. The predicted molar refractivity (Wildman–Crippen MR) is 112 cm³/mol. The maximum absolute atomic E-state index is 12.2. The van der Waals surface area contributed by atoms with Crippen molar-refractivity contribution < 1.29 is 19.1 Å². The van der Waals surface area contributed by atoms with Crippen LogP contribution in [0.1, 0.15) is 20.9 Å². The summed E-state index contributed by atoms with van der Waals surface area (Å²) in [6.07, 6.45) is 0.869. The lowest BCUT2D eigenvalue weighted by molar-refractivity contribution is -0.120. The Labute approximate surface area is 175 Å². The Morgan fingerprint density at radius 3 is 2.79 bits per heavy atom. The van der Waals surface area contributed by atoms with Gasteiger partial charge in [0, 0.05) is 11.9 Å². The fourth-order valence-electron chi connectivity index (χ4n) is 2.83. The van der Waals surface area contributed by atoms with Gasteiger partial charge in [-0.1, -0.05) is 12.1 Å². The Bertz CT molecular complexity index is 1000. The number of nitrogens with one attached hydrogen (secondary N) is 2. The molecule has 1 aliphatic heterocycles. The van der Waals surface area contributed by atoms with E-state index in [-0.39, 0.29) is 18.2 Å². The Morgan fingerprint density at radius 1 is 1.10 bits per heavy atom. The molecule has 3 heterocycles. The number of hydrogen-bond donors (Lipinski definition) is 2. The minimum Gasteiger partial charge on any atom is -0.486 e. The highest BCUT2D eigenvalue weighted by atomic mass is 32.1. The minimum absolute atomic E-state index is 0.107. The minimum atomic E-state index is -0.190. The molecule has 0 radical (unpaired) electrons. The number of amides is 2. The van der Waals surface area contributed by atoms with Gasteiger partial charge in [0.05, 0.1) is 17.0 Å². The number of aromatic nitrogens is 1. The summed E-state index contributed by atoms with van der Waals surface area (Å²) in [5.74, 6) is 1.21. The Morgan fingerprint density at radius 2 is 1.97 bits per heavy atom. The van der Waals surface area contributed by atoms with E-state index in [4.69, 9.17) is 9.47 Å². The van der Waals surface area contributed by atoms with Crippen LogP contribution in [0.25, 0.3) is 0 Å². The third-order valence-electron chi connectivity index (χ3n) is 4.20. The van der Waals surface area contributed by atoms with E-state index in [1.165, 1.54) is 22.7 Å². The van der Waals surface area contributed by atoms with Crippen molar-refractivity contribution in [3.8, 4) is 11.5 Å². The van der Waals surface area contributed by atoms with E-state index in [9.17, 15) is 9.59 Å². The molecular formula is C20H19N3O4S2. The van der Waals surface area contributed by atoms with Gasteiger partial charge in [-0.15, -0.1) is 22.7 Å². The highest BCUT2D eigenvalue weighted by Gasteiger charge is 2.13. The molecule has 1 aliphatic rings. The molecule has 150 valence electrons. The molecule has 0 saturated carbocycles. The SMILES string of the molecule is O=C(Cc1csc(NC(=O)c2cccs2)n1)NCCc1ccc2c(c1)OCCO2. The quantitative estimate of drug-likeness (QED) is 0.602. The van der Waals surface area contributed by atoms with E-state index in [0.717, 1.165) is 17.1 Å². The molecule has 4 rings (SSSR count). The lowest BCUT2D eigenvalue weighted by atomic mass is 10.1.